The minimum absolute atomic E-state index is 0.257. The number of hydrogen-bond acceptors (Lipinski definition) is 6. The number of nitrogens with one attached hydrogen (secondary N) is 2. The number of H-pyrrole nitrogens is 1. The largest absolute Gasteiger partial charge is 0.396 e. The van der Waals surface area contributed by atoms with Crippen LogP contribution in [-0.2, 0) is 0 Å². The Hall–Kier alpha value is -1.89. The molecule has 0 radical (unpaired) electrons. The summed E-state index contributed by atoms with van der Waals surface area (Å²) in [5, 5.41) is 20.3. The lowest BCUT2D eigenvalue weighted by Gasteiger charge is -2.19. The predicted octanol–water partition coefficient (Wildman–Crippen LogP) is 1.38. The van der Waals surface area contributed by atoms with Gasteiger partial charge in [-0.15, -0.1) is 0 Å². The maximum absolute atomic E-state index is 9.09. The lowest BCUT2D eigenvalue weighted by Crippen LogP contribution is -2.22. The molecule has 1 aliphatic heterocycles. The zero-order chi connectivity index (χ0) is 14.7. The highest BCUT2D eigenvalue weighted by Crippen LogP contribution is 2.29. The molecule has 0 aromatic carbocycles. The second kappa shape index (κ2) is 6.26. The second-order valence-electron chi connectivity index (χ2n) is 5.54. The first-order valence-electron chi connectivity index (χ1n) is 7.62. The van der Waals surface area contributed by atoms with Crippen LogP contribution in [0.15, 0.2) is 6.20 Å². The molecule has 21 heavy (non-hydrogen) atoms. The van der Waals surface area contributed by atoms with E-state index in [0.29, 0.717) is 11.9 Å². The number of fused-ring (bicyclic) bond motifs is 1. The molecule has 3 heterocycles. The number of rotatable bonds is 6. The quantitative estimate of drug-likeness (QED) is 0.745. The predicted molar refractivity (Wildman–Crippen MR) is 82.5 cm³/mol. The highest BCUT2D eigenvalue weighted by Gasteiger charge is 2.25. The van der Waals surface area contributed by atoms with Gasteiger partial charge in [0.2, 0.25) is 5.95 Å². The van der Waals surface area contributed by atoms with Crippen molar-refractivity contribution in [1.82, 2.24) is 20.2 Å². The Kier molecular flexibility index (Phi) is 4.19. The van der Waals surface area contributed by atoms with Crippen molar-refractivity contribution in [2.24, 2.45) is 5.92 Å². The van der Waals surface area contributed by atoms with Crippen molar-refractivity contribution in [3.8, 4) is 0 Å². The summed E-state index contributed by atoms with van der Waals surface area (Å²) in [5.74, 6) is 2.13. The van der Waals surface area contributed by atoms with Gasteiger partial charge in [-0.2, -0.15) is 15.1 Å². The van der Waals surface area contributed by atoms with E-state index in [9.17, 15) is 0 Å². The summed E-state index contributed by atoms with van der Waals surface area (Å²) in [5.41, 5.74) is 0.768. The maximum atomic E-state index is 9.09. The zero-order valence-corrected chi connectivity index (χ0v) is 12.3. The first-order chi connectivity index (χ1) is 10.3. The molecule has 1 fully saturated rings. The fourth-order valence-electron chi connectivity index (χ4n) is 2.82. The standard InChI is InChI=1S/C14H22N6O/c1-2-5-15-14-17-12-11(8-16-19-12)13(18-14)20-6-3-10(9-20)4-7-21/h8,10,21H,2-7,9H2,1H3,(H2,15,16,17,18,19). The van der Waals surface area contributed by atoms with Crippen LogP contribution in [0.5, 0.6) is 0 Å². The summed E-state index contributed by atoms with van der Waals surface area (Å²) in [7, 11) is 0. The van der Waals surface area contributed by atoms with Crippen LogP contribution in [0.2, 0.25) is 0 Å². The number of anilines is 2. The Morgan fingerprint density at radius 3 is 3.19 bits per heavy atom. The van der Waals surface area contributed by atoms with Gasteiger partial charge in [-0.1, -0.05) is 6.92 Å². The van der Waals surface area contributed by atoms with Crippen LogP contribution in [0.1, 0.15) is 26.2 Å². The van der Waals surface area contributed by atoms with Gasteiger partial charge in [0.05, 0.1) is 11.6 Å². The summed E-state index contributed by atoms with van der Waals surface area (Å²) in [6, 6.07) is 0. The van der Waals surface area contributed by atoms with Crippen molar-refractivity contribution in [3.63, 3.8) is 0 Å². The molecule has 3 rings (SSSR count). The van der Waals surface area contributed by atoms with E-state index in [2.05, 4.69) is 37.3 Å². The second-order valence-corrected chi connectivity index (χ2v) is 5.54. The summed E-state index contributed by atoms with van der Waals surface area (Å²) in [4.78, 5) is 11.4. The van der Waals surface area contributed by atoms with E-state index < -0.39 is 0 Å². The average Bonchev–Trinajstić information content (AvgIpc) is 3.13. The average molecular weight is 290 g/mol. The van der Waals surface area contributed by atoms with Crippen LogP contribution in [0.4, 0.5) is 11.8 Å². The molecule has 0 bridgehead atoms. The molecule has 7 heteroatoms. The molecule has 1 unspecified atom stereocenters. The summed E-state index contributed by atoms with van der Waals surface area (Å²) < 4.78 is 0. The lowest BCUT2D eigenvalue weighted by atomic mass is 10.1. The lowest BCUT2D eigenvalue weighted by molar-refractivity contribution is 0.263. The molecule has 1 saturated heterocycles. The van der Waals surface area contributed by atoms with Crippen LogP contribution >= 0.6 is 0 Å². The van der Waals surface area contributed by atoms with Gasteiger partial charge >= 0.3 is 0 Å². The summed E-state index contributed by atoms with van der Waals surface area (Å²) in [6.07, 6.45) is 4.77. The van der Waals surface area contributed by atoms with Gasteiger partial charge in [0, 0.05) is 26.2 Å². The molecule has 3 N–H and O–H groups in total. The smallest absolute Gasteiger partial charge is 0.226 e. The molecule has 1 atom stereocenters. The van der Waals surface area contributed by atoms with Gasteiger partial charge in [0.15, 0.2) is 5.65 Å². The molecular weight excluding hydrogens is 268 g/mol. The minimum Gasteiger partial charge on any atom is -0.396 e. The first kappa shape index (κ1) is 14.1. The Morgan fingerprint density at radius 2 is 2.38 bits per heavy atom. The molecule has 2 aromatic rings. The van der Waals surface area contributed by atoms with Gasteiger partial charge in [0.25, 0.3) is 0 Å². The summed E-state index contributed by atoms with van der Waals surface area (Å²) in [6.45, 7) is 5.13. The molecule has 2 aromatic heterocycles. The van der Waals surface area contributed by atoms with Gasteiger partial charge < -0.3 is 15.3 Å². The maximum Gasteiger partial charge on any atom is 0.226 e. The molecule has 7 nitrogen and oxygen atoms in total. The van der Waals surface area contributed by atoms with Gasteiger partial charge in [0.1, 0.15) is 5.82 Å². The zero-order valence-electron chi connectivity index (χ0n) is 12.3. The van der Waals surface area contributed by atoms with E-state index in [1.165, 1.54) is 0 Å². The Labute approximate surface area is 123 Å². The molecular formula is C14H22N6O. The third-order valence-electron chi connectivity index (χ3n) is 3.95. The molecule has 0 spiro atoms. The van der Waals surface area contributed by atoms with E-state index in [0.717, 1.165) is 55.7 Å². The van der Waals surface area contributed by atoms with Gasteiger partial charge in [-0.05, 0) is 25.2 Å². The van der Waals surface area contributed by atoms with Crippen molar-refractivity contribution >= 4 is 22.8 Å². The first-order valence-corrected chi connectivity index (χ1v) is 7.62. The Balaban J connectivity index is 1.87. The molecule has 114 valence electrons. The van der Waals surface area contributed by atoms with E-state index in [4.69, 9.17) is 5.11 Å². The topological polar surface area (TPSA) is 90.0 Å². The van der Waals surface area contributed by atoms with Gasteiger partial charge in [-0.3, -0.25) is 5.10 Å². The van der Waals surface area contributed by atoms with Crippen LogP contribution in [-0.4, -0.2) is 51.5 Å². The molecule has 0 saturated carbocycles. The fourth-order valence-corrected chi connectivity index (χ4v) is 2.82. The fraction of sp³-hybridized carbons (Fsp3) is 0.643. The van der Waals surface area contributed by atoms with Crippen molar-refractivity contribution < 1.29 is 5.11 Å². The molecule has 1 aliphatic rings. The third kappa shape index (κ3) is 2.92. The number of aliphatic hydroxyl groups excluding tert-OH is 1. The Bertz CT molecular complexity index is 598. The van der Waals surface area contributed by atoms with Crippen LogP contribution in [0.3, 0.4) is 0 Å². The van der Waals surface area contributed by atoms with Crippen molar-refractivity contribution in [2.45, 2.75) is 26.2 Å². The van der Waals surface area contributed by atoms with E-state index >= 15 is 0 Å². The number of hydrogen-bond donors (Lipinski definition) is 3. The van der Waals surface area contributed by atoms with Crippen molar-refractivity contribution in [2.75, 3.05) is 36.5 Å². The SMILES string of the molecule is CCCNc1nc(N2CCC(CCO)C2)c2cn[nH]c2n1. The summed E-state index contributed by atoms with van der Waals surface area (Å²) >= 11 is 0. The number of nitrogens with zero attached hydrogens (tertiary/aromatic N) is 4. The minimum atomic E-state index is 0.257. The highest BCUT2D eigenvalue weighted by atomic mass is 16.3. The normalized spacial score (nSPS) is 18.6. The molecule has 0 amide bonds. The van der Waals surface area contributed by atoms with Crippen LogP contribution in [0, 0.1) is 5.92 Å². The monoisotopic (exact) mass is 290 g/mol. The third-order valence-corrected chi connectivity index (χ3v) is 3.95. The van der Waals surface area contributed by atoms with E-state index in [-0.39, 0.29) is 6.61 Å². The van der Waals surface area contributed by atoms with Crippen LogP contribution in [0.25, 0.3) is 11.0 Å². The van der Waals surface area contributed by atoms with Gasteiger partial charge in [-0.25, -0.2) is 0 Å². The Morgan fingerprint density at radius 1 is 1.48 bits per heavy atom. The number of aromatic nitrogens is 4. The van der Waals surface area contributed by atoms with Crippen molar-refractivity contribution in [3.05, 3.63) is 6.20 Å². The highest BCUT2D eigenvalue weighted by molar-refractivity contribution is 5.87. The van der Waals surface area contributed by atoms with Crippen molar-refractivity contribution in [1.29, 1.82) is 0 Å². The van der Waals surface area contributed by atoms with E-state index in [1.807, 2.05) is 0 Å². The number of aromatic amines is 1. The molecule has 0 aliphatic carbocycles. The van der Waals surface area contributed by atoms with E-state index in [1.54, 1.807) is 6.20 Å². The number of aliphatic hydroxyl groups is 1. The van der Waals surface area contributed by atoms with Crippen LogP contribution < -0.4 is 10.2 Å².